The second-order valence-corrected chi connectivity index (χ2v) is 8.32. The van der Waals surface area contributed by atoms with E-state index in [1.54, 1.807) is 10.3 Å². The normalized spacial score (nSPS) is 14.3. The van der Waals surface area contributed by atoms with Crippen LogP contribution in [0.25, 0.3) is 11.1 Å². The molecule has 1 saturated heterocycles. The Morgan fingerprint density at radius 2 is 1.91 bits per heavy atom. The summed E-state index contributed by atoms with van der Waals surface area (Å²) in [4.78, 5) is 42.9. The summed E-state index contributed by atoms with van der Waals surface area (Å²) < 4.78 is 5.32. The monoisotopic (exact) mass is 449 g/mol. The van der Waals surface area contributed by atoms with Crippen LogP contribution in [0.3, 0.4) is 0 Å². The Bertz CT molecular complexity index is 1130. The van der Waals surface area contributed by atoms with E-state index in [0.717, 1.165) is 17.5 Å². The maximum Gasteiger partial charge on any atom is 0.312 e. The summed E-state index contributed by atoms with van der Waals surface area (Å²) in [6.45, 7) is 2.19. The summed E-state index contributed by atoms with van der Waals surface area (Å²) in [6, 6.07) is 17.2. The van der Waals surface area contributed by atoms with Gasteiger partial charge in [-0.25, -0.2) is 4.98 Å². The molecule has 1 aromatic heterocycles. The van der Waals surface area contributed by atoms with Gasteiger partial charge in [0, 0.05) is 29.6 Å². The molecule has 32 heavy (non-hydrogen) atoms. The van der Waals surface area contributed by atoms with E-state index in [1.165, 1.54) is 18.3 Å². The Balaban J connectivity index is 1.35. The Morgan fingerprint density at radius 1 is 1.16 bits per heavy atom. The number of nitrogens with zero attached hydrogens (tertiary/aromatic N) is 2. The second-order valence-electron chi connectivity index (χ2n) is 7.48. The molecular weight excluding hydrogens is 426 g/mol. The molecule has 2 heterocycles. The Hall–Kier alpha value is -3.52. The van der Waals surface area contributed by atoms with Gasteiger partial charge in [-0.1, -0.05) is 48.5 Å². The Morgan fingerprint density at radius 3 is 2.66 bits per heavy atom. The van der Waals surface area contributed by atoms with Crippen molar-refractivity contribution in [2.75, 3.05) is 16.8 Å². The molecule has 1 N–H and O–H groups in total. The number of benzene rings is 2. The highest BCUT2D eigenvalue weighted by Crippen LogP contribution is 2.28. The molecule has 164 valence electrons. The van der Waals surface area contributed by atoms with Crippen molar-refractivity contribution in [1.29, 1.82) is 0 Å². The van der Waals surface area contributed by atoms with E-state index in [-0.39, 0.29) is 12.3 Å². The van der Waals surface area contributed by atoms with Crippen molar-refractivity contribution >= 4 is 39.9 Å². The molecule has 2 amide bonds. The average Bonchev–Trinajstić information content (AvgIpc) is 3.43. The van der Waals surface area contributed by atoms with Gasteiger partial charge in [-0.3, -0.25) is 19.3 Å². The predicted octanol–water partition coefficient (Wildman–Crippen LogP) is 4.05. The van der Waals surface area contributed by atoms with E-state index >= 15 is 0 Å². The van der Waals surface area contributed by atoms with Gasteiger partial charge in [-0.05, 0) is 25.0 Å². The van der Waals surface area contributed by atoms with Crippen molar-refractivity contribution in [2.24, 2.45) is 0 Å². The molecule has 4 rings (SSSR count). The Kier molecular flexibility index (Phi) is 6.61. The van der Waals surface area contributed by atoms with Gasteiger partial charge < -0.3 is 10.1 Å². The summed E-state index contributed by atoms with van der Waals surface area (Å²) in [7, 11) is 0. The molecule has 1 fully saturated rings. The lowest BCUT2D eigenvalue weighted by Gasteiger charge is -2.15. The molecule has 0 bridgehead atoms. The minimum absolute atomic E-state index is 0.0505. The highest BCUT2D eigenvalue weighted by molar-refractivity contribution is 7.14. The summed E-state index contributed by atoms with van der Waals surface area (Å²) in [5.41, 5.74) is 3.03. The van der Waals surface area contributed by atoms with Crippen molar-refractivity contribution in [2.45, 2.75) is 32.3 Å². The van der Waals surface area contributed by atoms with Crippen LogP contribution in [-0.4, -0.2) is 35.4 Å². The molecule has 0 saturated carbocycles. The molecule has 2 aromatic carbocycles. The van der Waals surface area contributed by atoms with Crippen LogP contribution in [0.1, 0.15) is 25.5 Å². The molecule has 8 heteroatoms. The number of hydrogen-bond donors (Lipinski definition) is 1. The highest BCUT2D eigenvalue weighted by atomic mass is 32.1. The first kappa shape index (κ1) is 21.7. The van der Waals surface area contributed by atoms with Gasteiger partial charge in [0.2, 0.25) is 5.91 Å². The first-order valence-electron chi connectivity index (χ1n) is 10.4. The van der Waals surface area contributed by atoms with E-state index in [9.17, 15) is 14.4 Å². The zero-order valence-electron chi connectivity index (χ0n) is 17.6. The first-order chi connectivity index (χ1) is 15.5. The molecule has 1 unspecified atom stereocenters. The van der Waals surface area contributed by atoms with Gasteiger partial charge in [0.25, 0.3) is 5.91 Å². The fourth-order valence-electron chi connectivity index (χ4n) is 3.49. The third kappa shape index (κ3) is 5.03. The van der Waals surface area contributed by atoms with Crippen molar-refractivity contribution in [3.8, 4) is 11.1 Å². The van der Waals surface area contributed by atoms with E-state index in [4.69, 9.17) is 4.74 Å². The first-order valence-corrected chi connectivity index (χ1v) is 11.3. The minimum Gasteiger partial charge on any atom is -0.452 e. The maximum absolute atomic E-state index is 12.7. The SMILES string of the molecule is CC(OC(=O)Cc1csc(N2CCCC2=O)n1)C(=O)Nc1ccccc1-c1ccccc1. The highest BCUT2D eigenvalue weighted by Gasteiger charge is 2.25. The van der Waals surface area contributed by atoms with Crippen LogP contribution in [0.2, 0.25) is 0 Å². The lowest BCUT2D eigenvalue weighted by molar-refractivity contribution is -0.152. The molecule has 1 aliphatic heterocycles. The number of aromatic nitrogens is 1. The van der Waals surface area contributed by atoms with Gasteiger partial charge in [-0.15, -0.1) is 11.3 Å². The average molecular weight is 450 g/mol. The largest absolute Gasteiger partial charge is 0.452 e. The Labute approximate surface area is 190 Å². The predicted molar refractivity (Wildman–Crippen MR) is 123 cm³/mol. The smallest absolute Gasteiger partial charge is 0.312 e. The molecule has 0 aliphatic carbocycles. The standard InChI is InChI=1S/C24H23N3O4S/c1-16(23(30)26-20-11-6-5-10-19(20)17-8-3-2-4-9-17)31-22(29)14-18-15-32-24(25-18)27-13-7-12-21(27)28/h2-6,8-11,15-16H,7,12-14H2,1H3,(H,26,30). The molecule has 0 spiro atoms. The third-order valence-corrected chi connectivity index (χ3v) is 6.03. The van der Waals surface area contributed by atoms with Crippen molar-refractivity contribution in [1.82, 2.24) is 4.98 Å². The van der Waals surface area contributed by atoms with Gasteiger partial charge in [-0.2, -0.15) is 0 Å². The lowest BCUT2D eigenvalue weighted by atomic mass is 10.0. The number of nitrogens with one attached hydrogen (secondary N) is 1. The zero-order chi connectivity index (χ0) is 22.5. The van der Waals surface area contributed by atoms with Crippen molar-refractivity contribution in [3.63, 3.8) is 0 Å². The molecule has 0 radical (unpaired) electrons. The van der Waals surface area contributed by atoms with Crippen LogP contribution >= 0.6 is 11.3 Å². The number of carbonyl (C=O) groups excluding carboxylic acids is 3. The number of esters is 1. The molecule has 1 aliphatic rings. The summed E-state index contributed by atoms with van der Waals surface area (Å²) >= 11 is 1.33. The van der Waals surface area contributed by atoms with Gasteiger partial charge in [0.05, 0.1) is 12.1 Å². The molecule has 3 aromatic rings. The number of amides is 2. The van der Waals surface area contributed by atoms with E-state index in [2.05, 4.69) is 10.3 Å². The number of thiazole rings is 1. The number of carbonyl (C=O) groups is 3. The molecule has 7 nitrogen and oxygen atoms in total. The van der Waals surface area contributed by atoms with Gasteiger partial charge in [0.1, 0.15) is 0 Å². The van der Waals surface area contributed by atoms with Gasteiger partial charge in [0.15, 0.2) is 11.2 Å². The van der Waals surface area contributed by atoms with Crippen molar-refractivity contribution in [3.05, 3.63) is 65.7 Å². The minimum atomic E-state index is -0.968. The summed E-state index contributed by atoms with van der Waals surface area (Å²) in [5.74, 6) is -0.911. The number of rotatable bonds is 7. The topological polar surface area (TPSA) is 88.6 Å². The van der Waals surface area contributed by atoms with E-state index in [0.29, 0.717) is 29.5 Å². The van der Waals surface area contributed by atoms with Crippen LogP contribution in [0.15, 0.2) is 60.0 Å². The number of anilines is 2. The quantitative estimate of drug-likeness (QED) is 0.550. The summed E-state index contributed by atoms with van der Waals surface area (Å²) in [6.07, 6.45) is 0.313. The second kappa shape index (κ2) is 9.74. The van der Waals surface area contributed by atoms with E-state index < -0.39 is 18.0 Å². The molecule has 1 atom stereocenters. The molecular formula is C24H23N3O4S. The van der Waals surface area contributed by atoms with Gasteiger partial charge >= 0.3 is 5.97 Å². The van der Waals surface area contributed by atoms with Crippen LogP contribution in [0, 0.1) is 0 Å². The number of para-hydroxylation sites is 1. The van der Waals surface area contributed by atoms with E-state index in [1.807, 2.05) is 54.6 Å². The van der Waals surface area contributed by atoms with Crippen LogP contribution < -0.4 is 10.2 Å². The zero-order valence-corrected chi connectivity index (χ0v) is 18.4. The number of ether oxygens (including phenoxy) is 1. The fourth-order valence-corrected chi connectivity index (χ4v) is 4.36. The summed E-state index contributed by atoms with van der Waals surface area (Å²) in [5, 5.41) is 5.19. The van der Waals surface area contributed by atoms with Crippen LogP contribution in [0.5, 0.6) is 0 Å². The van der Waals surface area contributed by atoms with Crippen LogP contribution in [0.4, 0.5) is 10.8 Å². The third-order valence-electron chi connectivity index (χ3n) is 5.12. The maximum atomic E-state index is 12.7. The number of hydrogen-bond acceptors (Lipinski definition) is 6. The fraction of sp³-hybridized carbons (Fsp3) is 0.250. The lowest BCUT2D eigenvalue weighted by Crippen LogP contribution is -2.30. The van der Waals surface area contributed by atoms with Crippen LogP contribution in [-0.2, 0) is 25.5 Å². The van der Waals surface area contributed by atoms with Crippen molar-refractivity contribution < 1.29 is 19.1 Å².